The minimum atomic E-state index is -0.171. The molecular formula is C14H26N2O3. The van der Waals surface area contributed by atoms with Crippen molar-refractivity contribution in [1.82, 2.24) is 10.6 Å². The molecule has 0 radical (unpaired) electrons. The standard InChI is InChI=1S/C14H26N2O3/c1-14(2,10-18)6-3-7-15-13(19)16-12-5-4-11(8-12)9-17/h4-5,11-12,17-18H,3,6-10H2,1-2H3,(H2,15,16,19)/t11-,12+/m0/s1. The number of hydrogen-bond acceptors (Lipinski definition) is 3. The molecule has 0 fully saturated rings. The Kier molecular flexibility index (Phi) is 6.31. The van der Waals surface area contributed by atoms with E-state index in [-0.39, 0.29) is 36.6 Å². The molecule has 4 N–H and O–H groups in total. The van der Waals surface area contributed by atoms with E-state index in [9.17, 15) is 4.79 Å². The minimum absolute atomic E-state index is 0.0195. The molecule has 19 heavy (non-hydrogen) atoms. The molecule has 2 atom stereocenters. The third-order valence-corrected chi connectivity index (χ3v) is 3.47. The first-order chi connectivity index (χ1) is 8.96. The second-order valence-corrected chi connectivity index (χ2v) is 6.00. The highest BCUT2D eigenvalue weighted by atomic mass is 16.3. The van der Waals surface area contributed by atoms with E-state index in [0.29, 0.717) is 6.54 Å². The summed E-state index contributed by atoms with van der Waals surface area (Å²) >= 11 is 0. The average molecular weight is 270 g/mol. The van der Waals surface area contributed by atoms with Gasteiger partial charge in [0.1, 0.15) is 0 Å². The molecule has 5 heteroatoms. The molecule has 0 aliphatic heterocycles. The normalized spacial score (nSPS) is 22.5. The third kappa shape index (κ3) is 6.07. The summed E-state index contributed by atoms with van der Waals surface area (Å²) in [6, 6.07) is -0.152. The summed E-state index contributed by atoms with van der Waals surface area (Å²) in [6.07, 6.45) is 6.35. The van der Waals surface area contributed by atoms with Gasteiger partial charge in [-0.1, -0.05) is 26.0 Å². The fraction of sp³-hybridized carbons (Fsp3) is 0.786. The molecule has 110 valence electrons. The molecule has 0 bridgehead atoms. The summed E-state index contributed by atoms with van der Waals surface area (Å²) in [7, 11) is 0. The van der Waals surface area contributed by atoms with Crippen LogP contribution in [0.4, 0.5) is 4.79 Å². The minimum Gasteiger partial charge on any atom is -0.396 e. The van der Waals surface area contributed by atoms with Gasteiger partial charge in [0.2, 0.25) is 0 Å². The maximum atomic E-state index is 11.6. The zero-order valence-electron chi connectivity index (χ0n) is 11.9. The molecule has 0 aromatic carbocycles. The Balaban J connectivity index is 2.11. The van der Waals surface area contributed by atoms with Crippen molar-refractivity contribution in [2.24, 2.45) is 11.3 Å². The van der Waals surface area contributed by atoms with Gasteiger partial charge in [-0.2, -0.15) is 0 Å². The molecule has 0 unspecified atom stereocenters. The third-order valence-electron chi connectivity index (χ3n) is 3.47. The summed E-state index contributed by atoms with van der Waals surface area (Å²) in [6.45, 7) is 4.91. The van der Waals surface area contributed by atoms with Crippen LogP contribution in [-0.4, -0.2) is 42.0 Å². The van der Waals surface area contributed by atoms with Crippen LogP contribution in [0.25, 0.3) is 0 Å². The predicted molar refractivity (Wildman–Crippen MR) is 74.8 cm³/mol. The van der Waals surface area contributed by atoms with E-state index in [4.69, 9.17) is 10.2 Å². The number of aliphatic hydroxyl groups excluding tert-OH is 2. The molecule has 0 spiro atoms. The fourth-order valence-electron chi connectivity index (χ4n) is 2.08. The second kappa shape index (κ2) is 7.50. The molecule has 0 saturated carbocycles. The maximum Gasteiger partial charge on any atom is 0.315 e. The Bertz CT molecular complexity index is 316. The Morgan fingerprint density at radius 2 is 2.11 bits per heavy atom. The van der Waals surface area contributed by atoms with Gasteiger partial charge in [-0.15, -0.1) is 0 Å². The number of carbonyl (C=O) groups excluding carboxylic acids is 1. The van der Waals surface area contributed by atoms with Crippen molar-refractivity contribution in [3.63, 3.8) is 0 Å². The number of nitrogens with one attached hydrogen (secondary N) is 2. The van der Waals surface area contributed by atoms with E-state index in [2.05, 4.69) is 10.6 Å². The van der Waals surface area contributed by atoms with Crippen LogP contribution in [0.1, 0.15) is 33.1 Å². The first-order valence-corrected chi connectivity index (χ1v) is 6.91. The van der Waals surface area contributed by atoms with Crippen LogP contribution < -0.4 is 10.6 Å². The fourth-order valence-corrected chi connectivity index (χ4v) is 2.08. The van der Waals surface area contributed by atoms with Crippen molar-refractivity contribution in [1.29, 1.82) is 0 Å². The van der Waals surface area contributed by atoms with Crippen LogP contribution in [0.2, 0.25) is 0 Å². The van der Waals surface area contributed by atoms with Gasteiger partial charge in [0.25, 0.3) is 0 Å². The Hall–Kier alpha value is -1.07. The smallest absolute Gasteiger partial charge is 0.315 e. The van der Waals surface area contributed by atoms with E-state index in [1.54, 1.807) is 0 Å². The Labute approximate surface area is 115 Å². The predicted octanol–water partition coefficient (Wildman–Crippen LogP) is 1.02. The molecule has 1 aliphatic carbocycles. The lowest BCUT2D eigenvalue weighted by Gasteiger charge is -2.21. The summed E-state index contributed by atoms with van der Waals surface area (Å²) in [5, 5.41) is 23.8. The van der Waals surface area contributed by atoms with Crippen LogP contribution in [0.3, 0.4) is 0 Å². The number of amides is 2. The van der Waals surface area contributed by atoms with Crippen molar-refractivity contribution >= 4 is 6.03 Å². The van der Waals surface area contributed by atoms with Crippen molar-refractivity contribution in [3.8, 4) is 0 Å². The van der Waals surface area contributed by atoms with Crippen molar-refractivity contribution in [3.05, 3.63) is 12.2 Å². The van der Waals surface area contributed by atoms with E-state index >= 15 is 0 Å². The summed E-state index contributed by atoms with van der Waals surface area (Å²) < 4.78 is 0. The van der Waals surface area contributed by atoms with Crippen LogP contribution in [0.5, 0.6) is 0 Å². The SMILES string of the molecule is CC(C)(CO)CCCNC(=O)N[C@@H]1C=C[C@H](CO)C1. The van der Waals surface area contributed by atoms with Gasteiger partial charge in [0.15, 0.2) is 0 Å². The molecule has 2 amide bonds. The maximum absolute atomic E-state index is 11.6. The largest absolute Gasteiger partial charge is 0.396 e. The first kappa shape index (κ1) is 16.0. The van der Waals surface area contributed by atoms with Gasteiger partial charge >= 0.3 is 6.03 Å². The zero-order chi connectivity index (χ0) is 14.3. The van der Waals surface area contributed by atoms with E-state index < -0.39 is 0 Å². The molecule has 0 aromatic rings. The van der Waals surface area contributed by atoms with Gasteiger partial charge in [-0.3, -0.25) is 0 Å². The molecule has 0 aromatic heterocycles. The summed E-state index contributed by atoms with van der Waals surface area (Å²) in [5.74, 6) is 0.163. The summed E-state index contributed by atoms with van der Waals surface area (Å²) in [4.78, 5) is 11.6. The molecular weight excluding hydrogens is 244 g/mol. The molecule has 5 nitrogen and oxygen atoms in total. The zero-order valence-corrected chi connectivity index (χ0v) is 11.9. The lowest BCUT2D eigenvalue weighted by Crippen LogP contribution is -2.41. The molecule has 0 saturated heterocycles. The second-order valence-electron chi connectivity index (χ2n) is 6.00. The molecule has 1 rings (SSSR count). The van der Waals surface area contributed by atoms with E-state index in [1.165, 1.54) is 0 Å². The Morgan fingerprint density at radius 1 is 1.37 bits per heavy atom. The van der Waals surface area contributed by atoms with Gasteiger partial charge in [0, 0.05) is 31.7 Å². The lowest BCUT2D eigenvalue weighted by molar-refractivity contribution is 0.148. The first-order valence-electron chi connectivity index (χ1n) is 6.91. The molecule has 1 aliphatic rings. The van der Waals surface area contributed by atoms with Gasteiger partial charge in [0.05, 0.1) is 0 Å². The van der Waals surface area contributed by atoms with Crippen LogP contribution in [-0.2, 0) is 0 Å². The molecule has 0 heterocycles. The quantitative estimate of drug-likeness (QED) is 0.412. The highest BCUT2D eigenvalue weighted by Gasteiger charge is 2.19. The lowest BCUT2D eigenvalue weighted by atomic mass is 9.89. The van der Waals surface area contributed by atoms with Gasteiger partial charge in [-0.25, -0.2) is 4.79 Å². The van der Waals surface area contributed by atoms with Crippen molar-refractivity contribution < 1.29 is 15.0 Å². The van der Waals surface area contributed by atoms with E-state index in [0.717, 1.165) is 19.3 Å². The number of rotatable bonds is 7. The average Bonchev–Trinajstić information content (AvgIpc) is 2.82. The van der Waals surface area contributed by atoms with Crippen LogP contribution in [0.15, 0.2) is 12.2 Å². The van der Waals surface area contributed by atoms with E-state index in [1.807, 2.05) is 26.0 Å². The monoisotopic (exact) mass is 270 g/mol. The Morgan fingerprint density at radius 3 is 2.68 bits per heavy atom. The van der Waals surface area contributed by atoms with Crippen molar-refractivity contribution in [2.45, 2.75) is 39.2 Å². The number of carbonyl (C=O) groups is 1. The van der Waals surface area contributed by atoms with Crippen LogP contribution in [0, 0.1) is 11.3 Å². The number of hydrogen-bond donors (Lipinski definition) is 4. The van der Waals surface area contributed by atoms with Gasteiger partial charge < -0.3 is 20.8 Å². The topological polar surface area (TPSA) is 81.6 Å². The highest BCUT2D eigenvalue weighted by Crippen LogP contribution is 2.20. The number of urea groups is 1. The van der Waals surface area contributed by atoms with Gasteiger partial charge in [-0.05, 0) is 24.7 Å². The van der Waals surface area contributed by atoms with Crippen LogP contribution >= 0.6 is 0 Å². The highest BCUT2D eigenvalue weighted by molar-refractivity contribution is 5.74. The number of aliphatic hydroxyl groups is 2. The van der Waals surface area contributed by atoms with Crippen molar-refractivity contribution in [2.75, 3.05) is 19.8 Å². The summed E-state index contributed by atoms with van der Waals surface area (Å²) in [5.41, 5.74) is -0.0826.